The van der Waals surface area contributed by atoms with E-state index in [2.05, 4.69) is 21.7 Å². The topological polar surface area (TPSA) is 54.0 Å². The van der Waals surface area contributed by atoms with Crippen LogP contribution in [0, 0.1) is 6.92 Å². The Balaban J connectivity index is 1.57. The number of hydrogen-bond acceptors (Lipinski definition) is 4. The highest BCUT2D eigenvalue weighted by Crippen LogP contribution is 2.09. The lowest BCUT2D eigenvalue weighted by Crippen LogP contribution is -2.37. The van der Waals surface area contributed by atoms with E-state index in [1.54, 1.807) is 22.7 Å². The molecule has 19 heavy (non-hydrogen) atoms. The molecule has 102 valence electrons. The summed E-state index contributed by atoms with van der Waals surface area (Å²) in [7, 11) is 0. The Hall–Kier alpha value is -1.40. The molecular weight excluding hydrogens is 278 g/mol. The molecule has 2 rings (SSSR count). The van der Waals surface area contributed by atoms with Gasteiger partial charge in [0.25, 0.3) is 0 Å². The van der Waals surface area contributed by atoms with Crippen LogP contribution in [0.3, 0.4) is 0 Å². The summed E-state index contributed by atoms with van der Waals surface area (Å²) in [4.78, 5) is 17.2. The van der Waals surface area contributed by atoms with Crippen molar-refractivity contribution in [1.29, 1.82) is 0 Å². The van der Waals surface area contributed by atoms with Crippen molar-refractivity contribution >= 4 is 28.7 Å². The lowest BCUT2D eigenvalue weighted by atomic mass is 10.3. The van der Waals surface area contributed by atoms with Crippen molar-refractivity contribution in [2.45, 2.75) is 19.8 Å². The normalized spacial score (nSPS) is 10.4. The van der Waals surface area contributed by atoms with Gasteiger partial charge in [-0.25, -0.2) is 9.78 Å². The fourth-order valence-corrected chi connectivity index (χ4v) is 3.10. The lowest BCUT2D eigenvalue weighted by Gasteiger charge is -2.06. The van der Waals surface area contributed by atoms with E-state index >= 15 is 0 Å². The molecule has 0 aromatic carbocycles. The Kier molecular flexibility index (Phi) is 5.35. The van der Waals surface area contributed by atoms with Gasteiger partial charge in [-0.2, -0.15) is 0 Å². The van der Waals surface area contributed by atoms with Crippen LogP contribution in [-0.2, 0) is 12.8 Å². The Morgan fingerprint density at radius 1 is 1.26 bits per heavy atom. The molecule has 0 bridgehead atoms. The predicted octanol–water partition coefficient (Wildman–Crippen LogP) is 2.60. The van der Waals surface area contributed by atoms with Gasteiger partial charge in [0.15, 0.2) is 0 Å². The van der Waals surface area contributed by atoms with Crippen molar-refractivity contribution in [2.75, 3.05) is 13.1 Å². The zero-order chi connectivity index (χ0) is 13.5. The van der Waals surface area contributed by atoms with Crippen LogP contribution < -0.4 is 10.6 Å². The maximum atomic E-state index is 11.5. The fraction of sp³-hybridized carbons (Fsp3) is 0.385. The van der Waals surface area contributed by atoms with E-state index in [4.69, 9.17) is 0 Å². The summed E-state index contributed by atoms with van der Waals surface area (Å²) < 4.78 is 0. The first-order chi connectivity index (χ1) is 9.24. The minimum atomic E-state index is -0.107. The molecule has 2 aromatic heterocycles. The zero-order valence-electron chi connectivity index (χ0n) is 10.8. The number of urea groups is 1. The van der Waals surface area contributed by atoms with Crippen molar-refractivity contribution in [3.63, 3.8) is 0 Å². The largest absolute Gasteiger partial charge is 0.338 e. The SMILES string of the molecule is Cc1csc(CCNC(=O)NCCc2cccs2)n1. The van der Waals surface area contributed by atoms with Gasteiger partial charge in [0.05, 0.1) is 5.01 Å². The van der Waals surface area contributed by atoms with Crippen LogP contribution in [0.1, 0.15) is 15.6 Å². The summed E-state index contributed by atoms with van der Waals surface area (Å²) in [5.74, 6) is 0. The van der Waals surface area contributed by atoms with E-state index in [0.29, 0.717) is 13.1 Å². The van der Waals surface area contributed by atoms with Gasteiger partial charge < -0.3 is 10.6 Å². The number of thiophene rings is 1. The van der Waals surface area contributed by atoms with Gasteiger partial charge in [-0.1, -0.05) is 6.07 Å². The van der Waals surface area contributed by atoms with Gasteiger partial charge in [-0.3, -0.25) is 0 Å². The van der Waals surface area contributed by atoms with E-state index in [1.807, 2.05) is 23.8 Å². The number of hydrogen-bond donors (Lipinski definition) is 2. The van der Waals surface area contributed by atoms with Crippen molar-refractivity contribution in [2.24, 2.45) is 0 Å². The maximum Gasteiger partial charge on any atom is 0.314 e. The molecule has 0 spiro atoms. The minimum Gasteiger partial charge on any atom is -0.338 e. The highest BCUT2D eigenvalue weighted by Gasteiger charge is 2.02. The smallest absolute Gasteiger partial charge is 0.314 e. The number of aromatic nitrogens is 1. The Labute approximate surface area is 120 Å². The lowest BCUT2D eigenvalue weighted by molar-refractivity contribution is 0.241. The third-order valence-electron chi connectivity index (χ3n) is 2.53. The first-order valence-corrected chi connectivity index (χ1v) is 7.95. The molecule has 6 heteroatoms. The summed E-state index contributed by atoms with van der Waals surface area (Å²) in [6.45, 7) is 3.27. The highest BCUT2D eigenvalue weighted by molar-refractivity contribution is 7.10. The van der Waals surface area contributed by atoms with Gasteiger partial charge in [-0.05, 0) is 24.8 Å². The fourth-order valence-electron chi connectivity index (χ4n) is 1.62. The molecular formula is C13H17N3OS2. The minimum absolute atomic E-state index is 0.107. The second-order valence-corrected chi connectivity index (χ2v) is 6.12. The number of nitrogens with one attached hydrogen (secondary N) is 2. The Morgan fingerprint density at radius 3 is 2.68 bits per heavy atom. The second-order valence-electron chi connectivity index (χ2n) is 4.14. The van der Waals surface area contributed by atoms with Crippen LogP contribution in [0.5, 0.6) is 0 Å². The third-order valence-corrected chi connectivity index (χ3v) is 4.49. The maximum absolute atomic E-state index is 11.5. The van der Waals surface area contributed by atoms with Crippen LogP contribution in [0.4, 0.5) is 4.79 Å². The average molecular weight is 295 g/mol. The summed E-state index contributed by atoms with van der Waals surface area (Å²) in [6, 6.07) is 4.00. The quantitative estimate of drug-likeness (QED) is 0.860. The first-order valence-electron chi connectivity index (χ1n) is 6.19. The molecule has 0 aliphatic heterocycles. The average Bonchev–Trinajstić information content (AvgIpc) is 3.01. The molecule has 0 unspecified atom stereocenters. The monoisotopic (exact) mass is 295 g/mol. The molecule has 0 fully saturated rings. The molecule has 2 amide bonds. The number of thiazole rings is 1. The number of rotatable bonds is 6. The zero-order valence-corrected chi connectivity index (χ0v) is 12.4. The van der Waals surface area contributed by atoms with E-state index < -0.39 is 0 Å². The third kappa shape index (κ3) is 5.00. The second kappa shape index (κ2) is 7.25. The van der Waals surface area contributed by atoms with Crippen molar-refractivity contribution in [1.82, 2.24) is 15.6 Å². The van der Waals surface area contributed by atoms with Crippen molar-refractivity contribution in [3.8, 4) is 0 Å². The van der Waals surface area contributed by atoms with Crippen LogP contribution in [0.25, 0.3) is 0 Å². The van der Waals surface area contributed by atoms with Crippen LogP contribution in [0.15, 0.2) is 22.9 Å². The molecule has 0 aliphatic carbocycles. The number of aryl methyl sites for hydroxylation is 1. The van der Waals surface area contributed by atoms with Gasteiger partial charge in [0.1, 0.15) is 0 Å². The molecule has 0 saturated heterocycles. The van der Waals surface area contributed by atoms with E-state index in [-0.39, 0.29) is 6.03 Å². The van der Waals surface area contributed by atoms with Gasteiger partial charge in [-0.15, -0.1) is 22.7 Å². The molecule has 2 N–H and O–H groups in total. The highest BCUT2D eigenvalue weighted by atomic mass is 32.1. The first kappa shape index (κ1) is 14.0. The van der Waals surface area contributed by atoms with Gasteiger partial charge in [0, 0.05) is 35.5 Å². The summed E-state index contributed by atoms with van der Waals surface area (Å²) in [5.41, 5.74) is 1.04. The Bertz CT molecular complexity index is 508. The summed E-state index contributed by atoms with van der Waals surface area (Å²) in [6.07, 6.45) is 1.67. The number of nitrogens with zero attached hydrogens (tertiary/aromatic N) is 1. The molecule has 0 atom stereocenters. The van der Waals surface area contributed by atoms with Crippen molar-refractivity contribution < 1.29 is 4.79 Å². The molecule has 4 nitrogen and oxygen atoms in total. The van der Waals surface area contributed by atoms with E-state index in [1.165, 1.54) is 4.88 Å². The van der Waals surface area contributed by atoms with Gasteiger partial charge in [0.2, 0.25) is 0 Å². The molecule has 0 radical (unpaired) electrons. The molecule has 0 saturated carbocycles. The number of carbonyl (C=O) groups is 1. The van der Waals surface area contributed by atoms with Crippen molar-refractivity contribution in [3.05, 3.63) is 38.5 Å². The van der Waals surface area contributed by atoms with Gasteiger partial charge >= 0.3 is 6.03 Å². The predicted molar refractivity (Wildman–Crippen MR) is 80.0 cm³/mol. The van der Waals surface area contributed by atoms with E-state index in [0.717, 1.165) is 23.5 Å². The summed E-state index contributed by atoms with van der Waals surface area (Å²) >= 11 is 3.35. The van der Waals surface area contributed by atoms with Crippen LogP contribution in [0.2, 0.25) is 0 Å². The summed E-state index contributed by atoms with van der Waals surface area (Å²) in [5, 5.41) is 10.8. The number of amides is 2. The van der Waals surface area contributed by atoms with Crippen LogP contribution in [-0.4, -0.2) is 24.1 Å². The number of carbonyl (C=O) groups excluding carboxylic acids is 1. The molecule has 2 heterocycles. The standard InChI is InChI=1S/C13H17N3OS2/c1-10-9-19-12(16-10)5-7-15-13(17)14-6-4-11-3-2-8-18-11/h2-3,8-9H,4-7H2,1H3,(H2,14,15,17). The Morgan fingerprint density at radius 2 is 2.05 bits per heavy atom. The molecule has 2 aromatic rings. The molecule has 0 aliphatic rings. The van der Waals surface area contributed by atoms with Crippen LogP contribution >= 0.6 is 22.7 Å². The van der Waals surface area contributed by atoms with E-state index in [9.17, 15) is 4.79 Å².